The maximum Gasteiger partial charge on any atom is 0.251 e. The van der Waals surface area contributed by atoms with Crippen LogP contribution in [-0.2, 0) is 16.4 Å². The zero-order chi connectivity index (χ0) is 19.4. The second kappa shape index (κ2) is 8.29. The van der Waals surface area contributed by atoms with Crippen LogP contribution in [-0.4, -0.2) is 34.0 Å². The van der Waals surface area contributed by atoms with E-state index in [1.54, 1.807) is 18.2 Å². The van der Waals surface area contributed by atoms with Crippen LogP contribution in [0.1, 0.15) is 28.8 Å². The minimum atomic E-state index is -3.73. The van der Waals surface area contributed by atoms with Gasteiger partial charge in [0.15, 0.2) is 0 Å². The lowest BCUT2D eigenvalue weighted by molar-refractivity contribution is 0.0954. The molecule has 3 rings (SSSR count). The standard InChI is InChI=1S/C19H21ClN2O4S/c1-26-17-9-4-14(12-18(17)27(24,25)22-16-7-8-16)19(23)21-11-10-13-2-5-15(20)6-3-13/h2-6,9,12,16,22H,7-8,10-11H2,1H3,(H,21,23). The van der Waals surface area contributed by atoms with Gasteiger partial charge in [0.2, 0.25) is 10.0 Å². The van der Waals surface area contributed by atoms with Gasteiger partial charge in [-0.15, -0.1) is 0 Å². The first kappa shape index (κ1) is 19.7. The van der Waals surface area contributed by atoms with Crippen molar-refractivity contribution in [2.45, 2.75) is 30.2 Å². The second-order valence-electron chi connectivity index (χ2n) is 6.39. The third kappa shape index (κ3) is 5.22. The molecule has 0 aromatic heterocycles. The summed E-state index contributed by atoms with van der Waals surface area (Å²) in [5.74, 6) is -0.129. The Kier molecular flexibility index (Phi) is 6.04. The maximum absolute atomic E-state index is 12.5. The van der Waals surface area contributed by atoms with Crippen molar-refractivity contribution >= 4 is 27.5 Å². The smallest absolute Gasteiger partial charge is 0.251 e. The van der Waals surface area contributed by atoms with Crippen LogP contribution in [0.3, 0.4) is 0 Å². The van der Waals surface area contributed by atoms with E-state index in [0.29, 0.717) is 18.0 Å². The van der Waals surface area contributed by atoms with Crippen LogP contribution in [0, 0.1) is 0 Å². The SMILES string of the molecule is COc1ccc(C(=O)NCCc2ccc(Cl)cc2)cc1S(=O)(=O)NC1CC1. The van der Waals surface area contributed by atoms with Crippen molar-refractivity contribution < 1.29 is 17.9 Å². The number of carbonyl (C=O) groups excluding carboxylic acids is 1. The van der Waals surface area contributed by atoms with Crippen LogP contribution in [0.2, 0.25) is 5.02 Å². The quantitative estimate of drug-likeness (QED) is 0.703. The van der Waals surface area contributed by atoms with Crippen LogP contribution < -0.4 is 14.8 Å². The normalized spacial score (nSPS) is 14.0. The van der Waals surface area contributed by atoms with Crippen LogP contribution in [0.15, 0.2) is 47.4 Å². The molecule has 6 nitrogen and oxygen atoms in total. The van der Waals surface area contributed by atoms with E-state index in [-0.39, 0.29) is 28.2 Å². The largest absolute Gasteiger partial charge is 0.495 e. The minimum absolute atomic E-state index is 0.0257. The predicted molar refractivity (Wildman–Crippen MR) is 104 cm³/mol. The van der Waals surface area contributed by atoms with Gasteiger partial charge in [-0.3, -0.25) is 4.79 Å². The van der Waals surface area contributed by atoms with Crippen LogP contribution >= 0.6 is 11.6 Å². The Bertz CT molecular complexity index is 925. The Morgan fingerprint density at radius 1 is 1.19 bits per heavy atom. The third-order valence-electron chi connectivity index (χ3n) is 4.23. The number of halogens is 1. The van der Waals surface area contributed by atoms with Crippen molar-refractivity contribution in [3.05, 3.63) is 58.6 Å². The Hall–Kier alpha value is -2.09. The molecule has 1 saturated carbocycles. The van der Waals surface area contributed by atoms with Gasteiger partial charge in [-0.25, -0.2) is 13.1 Å². The van der Waals surface area contributed by atoms with E-state index in [4.69, 9.17) is 16.3 Å². The molecule has 0 radical (unpaired) electrons. The predicted octanol–water partition coefficient (Wildman–Crippen LogP) is 2.76. The molecule has 2 aromatic carbocycles. The maximum atomic E-state index is 12.5. The van der Waals surface area contributed by atoms with Crippen molar-refractivity contribution in [3.63, 3.8) is 0 Å². The zero-order valence-electron chi connectivity index (χ0n) is 14.9. The highest BCUT2D eigenvalue weighted by atomic mass is 35.5. The third-order valence-corrected chi connectivity index (χ3v) is 6.02. The fourth-order valence-electron chi connectivity index (χ4n) is 2.59. The van der Waals surface area contributed by atoms with E-state index in [1.807, 2.05) is 12.1 Å². The summed E-state index contributed by atoms with van der Waals surface area (Å²) in [7, 11) is -2.33. The molecule has 8 heteroatoms. The molecular formula is C19H21ClN2O4S. The highest BCUT2D eigenvalue weighted by Crippen LogP contribution is 2.28. The molecule has 2 N–H and O–H groups in total. The molecule has 27 heavy (non-hydrogen) atoms. The average molecular weight is 409 g/mol. The number of nitrogens with one attached hydrogen (secondary N) is 2. The number of hydrogen-bond acceptors (Lipinski definition) is 4. The van der Waals surface area contributed by atoms with Crippen molar-refractivity contribution in [1.82, 2.24) is 10.0 Å². The fraction of sp³-hybridized carbons (Fsp3) is 0.316. The van der Waals surface area contributed by atoms with Gasteiger partial charge in [0.1, 0.15) is 10.6 Å². The highest BCUT2D eigenvalue weighted by Gasteiger charge is 2.30. The fourth-order valence-corrected chi connectivity index (χ4v) is 4.21. The molecule has 0 heterocycles. The van der Waals surface area contributed by atoms with E-state index in [1.165, 1.54) is 19.2 Å². The summed E-state index contributed by atoms with van der Waals surface area (Å²) >= 11 is 5.85. The summed E-state index contributed by atoms with van der Waals surface area (Å²) in [4.78, 5) is 12.4. The van der Waals surface area contributed by atoms with Crippen molar-refractivity contribution in [2.24, 2.45) is 0 Å². The molecule has 1 aliphatic rings. The molecule has 0 spiro atoms. The van der Waals surface area contributed by atoms with Gasteiger partial charge in [0.05, 0.1) is 7.11 Å². The number of methoxy groups -OCH3 is 1. The summed E-state index contributed by atoms with van der Waals surface area (Å²) in [6, 6.07) is 11.8. The van der Waals surface area contributed by atoms with Crippen LogP contribution in [0.4, 0.5) is 0 Å². The zero-order valence-corrected chi connectivity index (χ0v) is 16.4. The van der Waals surface area contributed by atoms with Gasteiger partial charge >= 0.3 is 0 Å². The molecule has 1 aliphatic carbocycles. The molecule has 2 aromatic rings. The average Bonchev–Trinajstić information content (AvgIpc) is 3.46. The number of benzene rings is 2. The molecule has 1 amide bonds. The molecule has 0 unspecified atom stereocenters. The minimum Gasteiger partial charge on any atom is -0.495 e. The van der Waals surface area contributed by atoms with Gasteiger partial charge in [0, 0.05) is 23.2 Å². The second-order valence-corrected chi connectivity index (χ2v) is 8.51. The van der Waals surface area contributed by atoms with Gasteiger partial charge in [0.25, 0.3) is 5.91 Å². The van der Waals surface area contributed by atoms with Crippen LogP contribution in [0.5, 0.6) is 5.75 Å². The Labute approximate surface area is 163 Å². The summed E-state index contributed by atoms with van der Waals surface area (Å²) in [6.07, 6.45) is 2.30. The molecule has 1 fully saturated rings. The summed E-state index contributed by atoms with van der Waals surface area (Å²) in [5.41, 5.74) is 1.31. The number of carbonyl (C=O) groups is 1. The molecule has 144 valence electrons. The van der Waals surface area contributed by atoms with E-state index >= 15 is 0 Å². The number of ether oxygens (including phenoxy) is 1. The Morgan fingerprint density at radius 3 is 2.52 bits per heavy atom. The van der Waals surface area contributed by atoms with Crippen LogP contribution in [0.25, 0.3) is 0 Å². The summed E-state index contributed by atoms with van der Waals surface area (Å²) < 4.78 is 32.8. The monoisotopic (exact) mass is 408 g/mol. The van der Waals surface area contributed by atoms with Gasteiger partial charge in [-0.1, -0.05) is 23.7 Å². The first-order chi connectivity index (χ1) is 12.9. The van der Waals surface area contributed by atoms with Crippen molar-refractivity contribution in [3.8, 4) is 5.75 Å². The van der Waals surface area contributed by atoms with Crippen molar-refractivity contribution in [1.29, 1.82) is 0 Å². The highest BCUT2D eigenvalue weighted by molar-refractivity contribution is 7.89. The number of amides is 1. The number of sulfonamides is 1. The lowest BCUT2D eigenvalue weighted by Crippen LogP contribution is -2.28. The first-order valence-corrected chi connectivity index (χ1v) is 10.5. The lowest BCUT2D eigenvalue weighted by Gasteiger charge is -2.12. The Balaban J connectivity index is 1.69. The number of hydrogen-bond donors (Lipinski definition) is 2. The molecular weight excluding hydrogens is 388 g/mol. The lowest BCUT2D eigenvalue weighted by atomic mass is 10.1. The van der Waals surface area contributed by atoms with E-state index in [0.717, 1.165) is 18.4 Å². The molecule has 0 saturated heterocycles. The Morgan fingerprint density at radius 2 is 1.89 bits per heavy atom. The summed E-state index contributed by atoms with van der Waals surface area (Å²) in [6.45, 7) is 0.425. The van der Waals surface area contributed by atoms with Gasteiger partial charge < -0.3 is 10.1 Å². The topological polar surface area (TPSA) is 84.5 Å². The summed E-state index contributed by atoms with van der Waals surface area (Å²) in [5, 5.41) is 3.46. The number of rotatable bonds is 8. The van der Waals surface area contributed by atoms with Gasteiger partial charge in [-0.05, 0) is 55.2 Å². The van der Waals surface area contributed by atoms with E-state index < -0.39 is 10.0 Å². The van der Waals surface area contributed by atoms with E-state index in [9.17, 15) is 13.2 Å². The van der Waals surface area contributed by atoms with Crippen molar-refractivity contribution in [2.75, 3.05) is 13.7 Å². The molecule has 0 aliphatic heterocycles. The molecule has 0 bridgehead atoms. The first-order valence-electron chi connectivity index (χ1n) is 8.62. The van der Waals surface area contributed by atoms with Gasteiger partial charge in [-0.2, -0.15) is 0 Å². The molecule has 0 atom stereocenters. The van der Waals surface area contributed by atoms with E-state index in [2.05, 4.69) is 10.0 Å².